The summed E-state index contributed by atoms with van der Waals surface area (Å²) in [6.07, 6.45) is 0.652. The third-order valence-corrected chi connectivity index (χ3v) is 5.19. The second-order valence-corrected chi connectivity index (χ2v) is 7.25. The van der Waals surface area contributed by atoms with Gasteiger partial charge in [-0.15, -0.1) is 0 Å². The minimum absolute atomic E-state index is 0.120. The fraction of sp³-hybridized carbons (Fsp3) is 0.364. The number of hydrogen-bond donors (Lipinski definition) is 1. The standard InChI is InChI=1S/C22H25F2N3O2/c1-16-4-2-3-5-17(16)14-22(29)27-12-10-26(11-13-27)9-8-21(28)25-18-6-7-19(23)20(24)15-18/h2-7,15H,8-14H2,1H3,(H,25,28). The predicted molar refractivity (Wildman–Crippen MR) is 108 cm³/mol. The Labute approximate surface area is 169 Å². The molecule has 29 heavy (non-hydrogen) atoms. The molecule has 0 spiro atoms. The van der Waals surface area contributed by atoms with E-state index in [0.29, 0.717) is 39.1 Å². The van der Waals surface area contributed by atoms with Crippen LogP contribution in [0.2, 0.25) is 0 Å². The zero-order chi connectivity index (χ0) is 20.8. The van der Waals surface area contributed by atoms with Gasteiger partial charge in [-0.25, -0.2) is 8.78 Å². The number of rotatable bonds is 6. The van der Waals surface area contributed by atoms with Crippen molar-refractivity contribution in [3.8, 4) is 0 Å². The molecule has 7 heteroatoms. The molecule has 2 aromatic carbocycles. The average Bonchev–Trinajstić information content (AvgIpc) is 2.71. The normalized spacial score (nSPS) is 14.7. The molecule has 1 saturated heterocycles. The minimum Gasteiger partial charge on any atom is -0.340 e. The summed E-state index contributed by atoms with van der Waals surface area (Å²) in [7, 11) is 0. The molecule has 0 radical (unpaired) electrons. The molecule has 5 nitrogen and oxygen atoms in total. The van der Waals surface area contributed by atoms with Gasteiger partial charge in [0.05, 0.1) is 6.42 Å². The van der Waals surface area contributed by atoms with Crippen LogP contribution in [-0.4, -0.2) is 54.3 Å². The zero-order valence-corrected chi connectivity index (χ0v) is 16.5. The Morgan fingerprint density at radius 3 is 2.41 bits per heavy atom. The van der Waals surface area contributed by atoms with Crippen molar-refractivity contribution in [3.05, 3.63) is 65.2 Å². The first-order valence-corrected chi connectivity index (χ1v) is 9.72. The number of anilines is 1. The van der Waals surface area contributed by atoms with E-state index in [2.05, 4.69) is 10.2 Å². The van der Waals surface area contributed by atoms with Crippen molar-refractivity contribution in [1.82, 2.24) is 9.80 Å². The lowest BCUT2D eigenvalue weighted by molar-refractivity contribution is -0.132. The number of halogens is 2. The number of carbonyl (C=O) groups is 2. The van der Waals surface area contributed by atoms with Crippen molar-refractivity contribution >= 4 is 17.5 Å². The van der Waals surface area contributed by atoms with Gasteiger partial charge < -0.3 is 10.2 Å². The van der Waals surface area contributed by atoms with Crippen LogP contribution >= 0.6 is 0 Å². The highest BCUT2D eigenvalue weighted by Crippen LogP contribution is 2.14. The maximum atomic E-state index is 13.2. The molecule has 0 aliphatic carbocycles. The fourth-order valence-corrected chi connectivity index (χ4v) is 3.36. The van der Waals surface area contributed by atoms with Gasteiger partial charge >= 0.3 is 0 Å². The van der Waals surface area contributed by atoms with Crippen molar-refractivity contribution in [2.24, 2.45) is 0 Å². The number of benzene rings is 2. The summed E-state index contributed by atoms with van der Waals surface area (Å²) < 4.78 is 26.1. The topological polar surface area (TPSA) is 52.7 Å². The third kappa shape index (κ3) is 5.84. The summed E-state index contributed by atoms with van der Waals surface area (Å²) in [5, 5.41) is 2.57. The second-order valence-electron chi connectivity index (χ2n) is 7.25. The van der Waals surface area contributed by atoms with Crippen LogP contribution in [0.25, 0.3) is 0 Å². The summed E-state index contributed by atoms with van der Waals surface area (Å²) >= 11 is 0. The van der Waals surface area contributed by atoms with Crippen LogP contribution in [0.15, 0.2) is 42.5 Å². The Hall–Kier alpha value is -2.80. The highest BCUT2D eigenvalue weighted by atomic mass is 19.2. The molecule has 1 aliphatic heterocycles. The Kier molecular flexibility index (Phi) is 6.93. The van der Waals surface area contributed by atoms with Crippen molar-refractivity contribution in [3.63, 3.8) is 0 Å². The fourth-order valence-electron chi connectivity index (χ4n) is 3.36. The number of aryl methyl sites for hydroxylation is 1. The molecule has 0 bridgehead atoms. The van der Waals surface area contributed by atoms with Crippen LogP contribution in [0.3, 0.4) is 0 Å². The third-order valence-electron chi connectivity index (χ3n) is 5.19. The van der Waals surface area contributed by atoms with Crippen LogP contribution in [0, 0.1) is 18.6 Å². The molecule has 0 unspecified atom stereocenters. The number of carbonyl (C=O) groups excluding carboxylic acids is 2. The summed E-state index contributed by atoms with van der Waals surface area (Å²) in [6.45, 7) is 5.24. The second kappa shape index (κ2) is 9.60. The van der Waals surface area contributed by atoms with E-state index in [1.165, 1.54) is 6.07 Å². The largest absolute Gasteiger partial charge is 0.340 e. The van der Waals surface area contributed by atoms with E-state index in [0.717, 1.165) is 23.3 Å². The first-order valence-electron chi connectivity index (χ1n) is 9.72. The Morgan fingerprint density at radius 2 is 1.72 bits per heavy atom. The van der Waals surface area contributed by atoms with E-state index in [1.54, 1.807) is 0 Å². The van der Waals surface area contributed by atoms with E-state index in [1.807, 2.05) is 36.1 Å². The highest BCUT2D eigenvalue weighted by molar-refractivity contribution is 5.90. The van der Waals surface area contributed by atoms with Crippen molar-refractivity contribution in [2.45, 2.75) is 19.8 Å². The Balaban J connectivity index is 1.40. The molecule has 1 heterocycles. The van der Waals surface area contributed by atoms with Gasteiger partial charge in [0.15, 0.2) is 11.6 Å². The minimum atomic E-state index is -0.991. The van der Waals surface area contributed by atoms with Gasteiger partial charge in [0, 0.05) is 50.9 Å². The van der Waals surface area contributed by atoms with Gasteiger partial charge in [0.1, 0.15) is 0 Å². The molecule has 3 rings (SSSR count). The van der Waals surface area contributed by atoms with Gasteiger partial charge in [0.25, 0.3) is 0 Å². The van der Waals surface area contributed by atoms with Crippen LogP contribution in [0.1, 0.15) is 17.5 Å². The van der Waals surface area contributed by atoms with Gasteiger partial charge in [-0.1, -0.05) is 24.3 Å². The van der Waals surface area contributed by atoms with Crippen LogP contribution in [0.5, 0.6) is 0 Å². The number of nitrogens with one attached hydrogen (secondary N) is 1. The molecule has 0 atom stereocenters. The van der Waals surface area contributed by atoms with E-state index in [9.17, 15) is 18.4 Å². The molecular weight excluding hydrogens is 376 g/mol. The number of piperazine rings is 1. The molecule has 2 amide bonds. The maximum absolute atomic E-state index is 13.2. The monoisotopic (exact) mass is 401 g/mol. The lowest BCUT2D eigenvalue weighted by Gasteiger charge is -2.34. The molecule has 0 aromatic heterocycles. The maximum Gasteiger partial charge on any atom is 0.227 e. The lowest BCUT2D eigenvalue weighted by atomic mass is 10.1. The van der Waals surface area contributed by atoms with Gasteiger partial charge in [0.2, 0.25) is 11.8 Å². The summed E-state index contributed by atoms with van der Waals surface area (Å²) in [5.74, 6) is -2.07. The van der Waals surface area contributed by atoms with Gasteiger partial charge in [-0.3, -0.25) is 14.5 Å². The molecule has 2 aromatic rings. The molecule has 1 fully saturated rings. The smallest absolute Gasteiger partial charge is 0.227 e. The SMILES string of the molecule is Cc1ccccc1CC(=O)N1CCN(CCC(=O)Nc2ccc(F)c(F)c2)CC1. The van der Waals surface area contributed by atoms with E-state index in [4.69, 9.17) is 0 Å². The molecule has 1 aliphatic rings. The highest BCUT2D eigenvalue weighted by Gasteiger charge is 2.21. The van der Waals surface area contributed by atoms with Gasteiger partial charge in [-0.05, 0) is 30.2 Å². The average molecular weight is 401 g/mol. The van der Waals surface area contributed by atoms with Gasteiger partial charge in [-0.2, -0.15) is 0 Å². The Morgan fingerprint density at radius 1 is 1.00 bits per heavy atom. The van der Waals surface area contributed by atoms with Crippen LogP contribution in [-0.2, 0) is 16.0 Å². The van der Waals surface area contributed by atoms with E-state index in [-0.39, 0.29) is 23.9 Å². The lowest BCUT2D eigenvalue weighted by Crippen LogP contribution is -2.49. The first kappa shape index (κ1) is 20.9. The predicted octanol–water partition coefficient (Wildman–Crippen LogP) is 2.99. The van der Waals surface area contributed by atoms with Crippen molar-refractivity contribution < 1.29 is 18.4 Å². The van der Waals surface area contributed by atoms with E-state index < -0.39 is 11.6 Å². The molecule has 1 N–H and O–H groups in total. The first-order chi connectivity index (χ1) is 13.9. The van der Waals surface area contributed by atoms with Crippen molar-refractivity contribution in [2.75, 3.05) is 38.0 Å². The molecule has 0 saturated carbocycles. The zero-order valence-electron chi connectivity index (χ0n) is 16.5. The number of nitrogens with zero attached hydrogens (tertiary/aromatic N) is 2. The van der Waals surface area contributed by atoms with Crippen LogP contribution in [0.4, 0.5) is 14.5 Å². The summed E-state index contributed by atoms with van der Waals surface area (Å²) in [4.78, 5) is 28.6. The van der Waals surface area contributed by atoms with Crippen LogP contribution < -0.4 is 5.32 Å². The molecular formula is C22H25F2N3O2. The summed E-state index contributed by atoms with van der Waals surface area (Å²) in [5.41, 5.74) is 2.40. The number of amides is 2. The van der Waals surface area contributed by atoms with Crippen molar-refractivity contribution in [1.29, 1.82) is 0 Å². The summed E-state index contributed by atoms with van der Waals surface area (Å²) in [6, 6.07) is 11.2. The molecule has 154 valence electrons. The number of hydrogen-bond acceptors (Lipinski definition) is 3. The van der Waals surface area contributed by atoms with E-state index >= 15 is 0 Å². The Bertz CT molecular complexity index is 880. The quantitative estimate of drug-likeness (QED) is 0.810.